The minimum atomic E-state index is -1.50. The minimum Gasteiger partial charge on any atom is -0.354 e. The average molecular weight is 313 g/mol. The van der Waals surface area contributed by atoms with Gasteiger partial charge in [0.15, 0.2) is 0 Å². The first kappa shape index (κ1) is 15.8. The Hall–Kier alpha value is -1.12. The van der Waals surface area contributed by atoms with Crippen LogP contribution in [0.5, 0.6) is 0 Å². The Morgan fingerprint density at radius 3 is 2.82 bits per heavy atom. The van der Waals surface area contributed by atoms with Crippen LogP contribution in [0.4, 0.5) is 0 Å². The molecule has 0 spiro atoms. The van der Waals surface area contributed by atoms with Crippen molar-refractivity contribution in [3.05, 3.63) is 53.6 Å². The highest BCUT2D eigenvalue weighted by atomic mass is 28.3. The Morgan fingerprint density at radius 2 is 2.14 bits per heavy atom. The largest absolute Gasteiger partial charge is 0.354 e. The van der Waals surface area contributed by atoms with E-state index in [4.69, 9.17) is 4.74 Å². The van der Waals surface area contributed by atoms with Gasteiger partial charge in [-0.15, -0.1) is 6.58 Å². The molecule has 1 nitrogen and oxygen atoms in total. The van der Waals surface area contributed by atoms with Gasteiger partial charge in [0.1, 0.15) is 11.7 Å². The molecule has 0 saturated carbocycles. The quantitative estimate of drug-likeness (QED) is 0.523. The van der Waals surface area contributed by atoms with E-state index >= 15 is 0 Å². The molecule has 2 heteroatoms. The first-order chi connectivity index (χ1) is 10.4. The lowest BCUT2D eigenvalue weighted by Gasteiger charge is -2.29. The van der Waals surface area contributed by atoms with Crippen LogP contribution in [0.25, 0.3) is 0 Å². The molecule has 0 radical (unpaired) electrons. The van der Waals surface area contributed by atoms with E-state index in [1.807, 2.05) is 0 Å². The van der Waals surface area contributed by atoms with Gasteiger partial charge >= 0.3 is 0 Å². The highest BCUT2D eigenvalue weighted by molar-refractivity contribution is 6.90. The van der Waals surface area contributed by atoms with Crippen molar-refractivity contribution in [2.45, 2.75) is 64.0 Å². The van der Waals surface area contributed by atoms with Crippen molar-refractivity contribution in [3.8, 4) is 0 Å². The third-order valence-electron chi connectivity index (χ3n) is 5.23. The Bertz CT molecular complexity index is 629. The number of fused-ring (bicyclic) bond motifs is 5. The van der Waals surface area contributed by atoms with Crippen molar-refractivity contribution in [3.63, 3.8) is 0 Å². The van der Waals surface area contributed by atoms with Crippen LogP contribution in [0.3, 0.4) is 0 Å². The van der Waals surface area contributed by atoms with Crippen LogP contribution in [0.1, 0.15) is 49.0 Å². The fourth-order valence-electron chi connectivity index (χ4n) is 4.06. The monoisotopic (exact) mass is 312 g/mol. The second kappa shape index (κ2) is 5.50. The zero-order valence-corrected chi connectivity index (χ0v) is 15.4. The zero-order chi connectivity index (χ0) is 16.0. The van der Waals surface area contributed by atoms with Gasteiger partial charge in [0.05, 0.1) is 8.07 Å². The summed E-state index contributed by atoms with van der Waals surface area (Å²) in [6.45, 7) is 13.4. The molecular formula is C20H28OSi. The zero-order valence-electron chi connectivity index (χ0n) is 14.4. The van der Waals surface area contributed by atoms with Gasteiger partial charge in [0, 0.05) is 0 Å². The topological polar surface area (TPSA) is 9.23 Å². The SMILES string of the molecule is C=CC[Si](C)(C)c1cc(C)cc2c1C1C=CC2(CCCC)O1. The molecule has 0 saturated heterocycles. The van der Waals surface area contributed by atoms with Gasteiger partial charge in [-0.3, -0.25) is 0 Å². The van der Waals surface area contributed by atoms with E-state index in [1.165, 1.54) is 29.5 Å². The molecule has 2 aliphatic rings. The molecule has 0 fully saturated rings. The van der Waals surface area contributed by atoms with Crippen molar-refractivity contribution < 1.29 is 4.74 Å². The molecule has 2 heterocycles. The molecule has 0 N–H and O–H groups in total. The molecule has 0 aliphatic carbocycles. The number of allylic oxidation sites excluding steroid dienone is 1. The van der Waals surface area contributed by atoms with E-state index in [-0.39, 0.29) is 11.7 Å². The number of hydrogen-bond donors (Lipinski definition) is 0. The lowest BCUT2D eigenvalue weighted by Crippen LogP contribution is -2.44. The molecule has 2 bridgehead atoms. The van der Waals surface area contributed by atoms with Gasteiger partial charge in [-0.2, -0.15) is 0 Å². The van der Waals surface area contributed by atoms with E-state index in [0.29, 0.717) is 0 Å². The predicted octanol–water partition coefficient (Wildman–Crippen LogP) is 5.12. The van der Waals surface area contributed by atoms with Gasteiger partial charge < -0.3 is 4.74 Å². The van der Waals surface area contributed by atoms with Crippen molar-refractivity contribution in [2.24, 2.45) is 0 Å². The van der Waals surface area contributed by atoms with E-state index < -0.39 is 8.07 Å². The van der Waals surface area contributed by atoms with Crippen LogP contribution >= 0.6 is 0 Å². The second-order valence-corrected chi connectivity index (χ2v) is 12.3. The molecule has 2 aliphatic heterocycles. The Labute approximate surface area is 136 Å². The first-order valence-corrected chi connectivity index (χ1v) is 11.8. The van der Waals surface area contributed by atoms with Crippen molar-refractivity contribution in [2.75, 3.05) is 0 Å². The van der Waals surface area contributed by atoms with Crippen LogP contribution in [0.2, 0.25) is 19.1 Å². The maximum atomic E-state index is 6.49. The van der Waals surface area contributed by atoms with Crippen LogP contribution in [-0.4, -0.2) is 8.07 Å². The summed E-state index contributed by atoms with van der Waals surface area (Å²) in [4.78, 5) is 0. The minimum absolute atomic E-state index is 0.143. The number of rotatable bonds is 6. The van der Waals surface area contributed by atoms with E-state index in [9.17, 15) is 0 Å². The van der Waals surface area contributed by atoms with Crippen LogP contribution in [0, 0.1) is 6.92 Å². The molecule has 118 valence electrons. The summed E-state index contributed by atoms with van der Waals surface area (Å²) in [7, 11) is -1.50. The summed E-state index contributed by atoms with van der Waals surface area (Å²) in [5, 5.41) is 1.58. The Kier molecular flexibility index (Phi) is 3.94. The average Bonchev–Trinajstić information content (AvgIpc) is 3.01. The predicted molar refractivity (Wildman–Crippen MR) is 97.5 cm³/mol. The molecule has 0 amide bonds. The molecule has 22 heavy (non-hydrogen) atoms. The number of hydrogen-bond acceptors (Lipinski definition) is 1. The molecule has 0 aromatic heterocycles. The van der Waals surface area contributed by atoms with Crippen LogP contribution < -0.4 is 5.19 Å². The number of aryl methyl sites for hydroxylation is 1. The maximum absolute atomic E-state index is 6.49. The molecule has 1 aromatic carbocycles. The molecule has 3 rings (SSSR count). The van der Waals surface area contributed by atoms with E-state index in [0.717, 1.165) is 12.5 Å². The Morgan fingerprint density at radius 1 is 1.36 bits per heavy atom. The normalized spacial score (nSPS) is 25.5. The molecular weight excluding hydrogens is 284 g/mol. The standard InChI is InChI=1S/C20H28OSi/c1-6-8-10-20-11-9-17(21-20)19-16(20)13-15(3)14-18(19)22(4,5)12-7-2/h7,9,11,13-14,17H,2,6,8,10,12H2,1,3-5H3. The summed E-state index contributed by atoms with van der Waals surface area (Å²) >= 11 is 0. The number of benzene rings is 1. The van der Waals surface area contributed by atoms with Gasteiger partial charge in [-0.1, -0.05) is 67.9 Å². The molecule has 2 atom stereocenters. The summed E-state index contributed by atoms with van der Waals surface area (Å²) in [5.74, 6) is 0. The van der Waals surface area contributed by atoms with E-state index in [1.54, 1.807) is 5.19 Å². The van der Waals surface area contributed by atoms with Gasteiger partial charge in [0.25, 0.3) is 0 Å². The van der Waals surface area contributed by atoms with Crippen molar-refractivity contribution in [1.29, 1.82) is 0 Å². The summed E-state index contributed by atoms with van der Waals surface area (Å²) in [5.41, 5.74) is 4.17. The highest BCUT2D eigenvalue weighted by Gasteiger charge is 2.48. The van der Waals surface area contributed by atoms with Crippen molar-refractivity contribution >= 4 is 13.3 Å². The third kappa shape index (κ3) is 2.33. The fourth-order valence-corrected chi connectivity index (χ4v) is 6.62. The smallest absolute Gasteiger partial charge is 0.113 e. The van der Waals surface area contributed by atoms with Crippen LogP contribution in [-0.2, 0) is 10.3 Å². The van der Waals surface area contributed by atoms with Gasteiger partial charge in [-0.05, 0) is 36.6 Å². The highest BCUT2D eigenvalue weighted by Crippen LogP contribution is 2.52. The summed E-state index contributed by atoms with van der Waals surface area (Å²) in [6.07, 6.45) is 10.4. The lowest BCUT2D eigenvalue weighted by atomic mass is 9.83. The third-order valence-corrected chi connectivity index (χ3v) is 8.41. The van der Waals surface area contributed by atoms with E-state index in [2.05, 4.69) is 63.9 Å². The summed E-state index contributed by atoms with van der Waals surface area (Å²) < 4.78 is 6.49. The molecule has 2 unspecified atom stereocenters. The first-order valence-electron chi connectivity index (χ1n) is 8.57. The van der Waals surface area contributed by atoms with Gasteiger partial charge in [-0.25, -0.2) is 0 Å². The Balaban J connectivity index is 2.13. The second-order valence-electron chi connectivity index (χ2n) is 7.54. The number of unbranched alkanes of at least 4 members (excludes halogenated alkanes) is 1. The maximum Gasteiger partial charge on any atom is 0.113 e. The lowest BCUT2D eigenvalue weighted by molar-refractivity contribution is -0.00984. The number of ether oxygens (including phenoxy) is 1. The van der Waals surface area contributed by atoms with Gasteiger partial charge in [0.2, 0.25) is 0 Å². The van der Waals surface area contributed by atoms with Crippen LogP contribution in [0.15, 0.2) is 36.9 Å². The fraction of sp³-hybridized carbons (Fsp3) is 0.500. The van der Waals surface area contributed by atoms with Crippen molar-refractivity contribution in [1.82, 2.24) is 0 Å². The summed E-state index contributed by atoms with van der Waals surface area (Å²) in [6, 6.07) is 5.91. The molecule has 1 aromatic rings.